The summed E-state index contributed by atoms with van der Waals surface area (Å²) >= 11 is 7.64. The third-order valence-electron chi connectivity index (χ3n) is 2.63. The van der Waals surface area contributed by atoms with Crippen LogP contribution in [0, 0.1) is 0 Å². The molecule has 17 heavy (non-hydrogen) atoms. The molecule has 1 atom stereocenters. The number of rotatable bonds is 4. The van der Waals surface area contributed by atoms with Crippen LogP contribution >= 0.6 is 22.9 Å². The molecule has 4 heteroatoms. The standard InChI is InChI=1S/C13H15ClN2S/c1-9(15-2)6-12-8-17-13(16-12)10-4-3-5-11(14)7-10/h3-5,7-9,15H,6H2,1-2H3. The molecule has 1 N–H and O–H groups in total. The third-order valence-corrected chi connectivity index (χ3v) is 3.81. The van der Waals surface area contributed by atoms with Crippen molar-refractivity contribution < 1.29 is 0 Å². The fourth-order valence-corrected chi connectivity index (χ4v) is 2.59. The first-order chi connectivity index (χ1) is 8.19. The predicted octanol–water partition coefficient (Wildman–Crippen LogP) is 3.61. The number of benzene rings is 1. The van der Waals surface area contributed by atoms with Crippen molar-refractivity contribution in [3.05, 3.63) is 40.4 Å². The van der Waals surface area contributed by atoms with Gasteiger partial charge in [0.05, 0.1) is 5.69 Å². The van der Waals surface area contributed by atoms with Crippen molar-refractivity contribution in [2.75, 3.05) is 7.05 Å². The van der Waals surface area contributed by atoms with Crippen molar-refractivity contribution in [2.24, 2.45) is 0 Å². The summed E-state index contributed by atoms with van der Waals surface area (Å²) in [6.45, 7) is 2.15. The second-order valence-electron chi connectivity index (χ2n) is 4.05. The van der Waals surface area contributed by atoms with Crippen molar-refractivity contribution in [2.45, 2.75) is 19.4 Å². The molecule has 0 saturated heterocycles. The van der Waals surface area contributed by atoms with E-state index in [9.17, 15) is 0 Å². The van der Waals surface area contributed by atoms with Crippen molar-refractivity contribution in [3.63, 3.8) is 0 Å². The van der Waals surface area contributed by atoms with E-state index in [0.29, 0.717) is 6.04 Å². The van der Waals surface area contributed by atoms with Crippen molar-refractivity contribution in [3.8, 4) is 10.6 Å². The van der Waals surface area contributed by atoms with E-state index < -0.39 is 0 Å². The van der Waals surface area contributed by atoms with Gasteiger partial charge in [-0.15, -0.1) is 11.3 Å². The monoisotopic (exact) mass is 266 g/mol. The van der Waals surface area contributed by atoms with Gasteiger partial charge in [-0.2, -0.15) is 0 Å². The molecule has 0 amide bonds. The average molecular weight is 267 g/mol. The zero-order chi connectivity index (χ0) is 12.3. The number of nitrogens with zero attached hydrogens (tertiary/aromatic N) is 1. The predicted molar refractivity (Wildman–Crippen MR) is 74.8 cm³/mol. The maximum absolute atomic E-state index is 5.98. The highest BCUT2D eigenvalue weighted by Crippen LogP contribution is 2.26. The van der Waals surface area contributed by atoms with Crippen molar-refractivity contribution >= 4 is 22.9 Å². The fourth-order valence-electron chi connectivity index (χ4n) is 1.57. The van der Waals surface area contributed by atoms with Crippen LogP contribution < -0.4 is 5.32 Å². The number of nitrogens with one attached hydrogen (secondary N) is 1. The van der Waals surface area contributed by atoms with Crippen molar-refractivity contribution in [1.82, 2.24) is 10.3 Å². The van der Waals surface area contributed by atoms with E-state index in [1.807, 2.05) is 31.3 Å². The second-order valence-corrected chi connectivity index (χ2v) is 5.34. The number of thiazole rings is 1. The number of likely N-dealkylation sites (N-methyl/N-ethyl adjacent to an activating group) is 1. The van der Waals surface area contributed by atoms with E-state index in [1.54, 1.807) is 11.3 Å². The minimum atomic E-state index is 0.448. The van der Waals surface area contributed by atoms with Gasteiger partial charge in [-0.25, -0.2) is 4.98 Å². The van der Waals surface area contributed by atoms with Gasteiger partial charge in [0.25, 0.3) is 0 Å². The molecule has 0 aliphatic rings. The summed E-state index contributed by atoms with van der Waals surface area (Å²) in [5, 5.41) is 7.12. The van der Waals surface area contributed by atoms with Crippen LogP contribution in [0.4, 0.5) is 0 Å². The maximum atomic E-state index is 5.98. The van der Waals surface area contributed by atoms with E-state index in [4.69, 9.17) is 11.6 Å². The average Bonchev–Trinajstić information content (AvgIpc) is 2.77. The Morgan fingerprint density at radius 3 is 3.00 bits per heavy atom. The lowest BCUT2D eigenvalue weighted by atomic mass is 10.2. The molecule has 0 aliphatic carbocycles. The summed E-state index contributed by atoms with van der Waals surface area (Å²) in [6.07, 6.45) is 0.952. The zero-order valence-electron chi connectivity index (χ0n) is 9.90. The lowest BCUT2D eigenvalue weighted by Crippen LogP contribution is -2.23. The summed E-state index contributed by atoms with van der Waals surface area (Å²) in [7, 11) is 1.97. The Morgan fingerprint density at radius 1 is 1.47 bits per heavy atom. The number of hydrogen-bond donors (Lipinski definition) is 1. The quantitative estimate of drug-likeness (QED) is 0.914. The summed E-state index contributed by atoms with van der Waals surface area (Å²) in [5.41, 5.74) is 2.22. The van der Waals surface area contributed by atoms with E-state index in [0.717, 1.165) is 27.7 Å². The van der Waals surface area contributed by atoms with Gasteiger partial charge < -0.3 is 5.32 Å². The molecular weight excluding hydrogens is 252 g/mol. The SMILES string of the molecule is CNC(C)Cc1csc(-c2cccc(Cl)c2)n1. The van der Waals surface area contributed by atoms with Gasteiger partial charge in [-0.05, 0) is 26.1 Å². The number of aromatic nitrogens is 1. The van der Waals surface area contributed by atoms with Gasteiger partial charge in [-0.3, -0.25) is 0 Å². The van der Waals surface area contributed by atoms with E-state index in [2.05, 4.69) is 22.6 Å². The minimum absolute atomic E-state index is 0.448. The van der Waals surface area contributed by atoms with Gasteiger partial charge in [0.2, 0.25) is 0 Å². The molecule has 90 valence electrons. The van der Waals surface area contributed by atoms with E-state index in [1.165, 1.54) is 0 Å². The van der Waals surface area contributed by atoms with Crippen LogP contribution in [0.2, 0.25) is 5.02 Å². The summed E-state index contributed by atoms with van der Waals surface area (Å²) in [6, 6.07) is 8.27. The Labute approximate surface area is 111 Å². The molecule has 1 unspecified atom stereocenters. The van der Waals surface area contributed by atoms with Crippen LogP contribution in [0.15, 0.2) is 29.6 Å². The highest BCUT2D eigenvalue weighted by molar-refractivity contribution is 7.13. The number of hydrogen-bond acceptors (Lipinski definition) is 3. The highest BCUT2D eigenvalue weighted by Gasteiger charge is 2.07. The Morgan fingerprint density at radius 2 is 2.29 bits per heavy atom. The largest absolute Gasteiger partial charge is 0.317 e. The zero-order valence-corrected chi connectivity index (χ0v) is 11.5. The minimum Gasteiger partial charge on any atom is -0.317 e. The fraction of sp³-hybridized carbons (Fsp3) is 0.308. The Kier molecular flexibility index (Phi) is 4.15. The maximum Gasteiger partial charge on any atom is 0.123 e. The van der Waals surface area contributed by atoms with E-state index >= 15 is 0 Å². The first-order valence-corrected chi connectivity index (χ1v) is 6.82. The molecule has 0 bridgehead atoms. The summed E-state index contributed by atoms with van der Waals surface area (Å²) in [4.78, 5) is 4.63. The van der Waals surface area contributed by atoms with Gasteiger partial charge in [0, 0.05) is 28.4 Å². The van der Waals surface area contributed by atoms with Gasteiger partial charge in [0.1, 0.15) is 5.01 Å². The van der Waals surface area contributed by atoms with Gasteiger partial charge in [0.15, 0.2) is 0 Å². The second kappa shape index (κ2) is 5.63. The highest BCUT2D eigenvalue weighted by atomic mass is 35.5. The molecule has 0 saturated carbocycles. The lowest BCUT2D eigenvalue weighted by Gasteiger charge is -2.06. The Hall–Kier alpha value is -0.900. The smallest absolute Gasteiger partial charge is 0.123 e. The first-order valence-electron chi connectivity index (χ1n) is 5.56. The molecule has 1 aromatic carbocycles. The molecule has 1 heterocycles. The van der Waals surface area contributed by atoms with Crippen LogP contribution in [0.5, 0.6) is 0 Å². The first kappa shape index (κ1) is 12.6. The molecule has 0 aliphatic heterocycles. The number of halogens is 1. The molecule has 0 radical (unpaired) electrons. The van der Waals surface area contributed by atoms with Gasteiger partial charge >= 0.3 is 0 Å². The van der Waals surface area contributed by atoms with Crippen LogP contribution in [-0.4, -0.2) is 18.1 Å². The molecular formula is C13H15ClN2S. The van der Waals surface area contributed by atoms with Crippen LogP contribution in [0.25, 0.3) is 10.6 Å². The summed E-state index contributed by atoms with van der Waals surface area (Å²) in [5.74, 6) is 0. The molecule has 1 aromatic heterocycles. The van der Waals surface area contributed by atoms with Gasteiger partial charge in [-0.1, -0.05) is 23.7 Å². The molecule has 2 rings (SSSR count). The van der Waals surface area contributed by atoms with Crippen LogP contribution in [0.1, 0.15) is 12.6 Å². The molecule has 0 spiro atoms. The molecule has 2 nitrogen and oxygen atoms in total. The topological polar surface area (TPSA) is 24.9 Å². The normalized spacial score (nSPS) is 12.6. The molecule has 0 fully saturated rings. The molecule has 2 aromatic rings. The third kappa shape index (κ3) is 3.28. The Bertz CT molecular complexity index is 496. The van der Waals surface area contributed by atoms with Crippen LogP contribution in [-0.2, 0) is 6.42 Å². The summed E-state index contributed by atoms with van der Waals surface area (Å²) < 4.78 is 0. The lowest BCUT2D eigenvalue weighted by molar-refractivity contribution is 0.602. The Balaban J connectivity index is 2.18. The van der Waals surface area contributed by atoms with Crippen LogP contribution in [0.3, 0.4) is 0 Å². The van der Waals surface area contributed by atoms with Crippen molar-refractivity contribution in [1.29, 1.82) is 0 Å². The van der Waals surface area contributed by atoms with E-state index in [-0.39, 0.29) is 0 Å².